The van der Waals surface area contributed by atoms with Crippen LogP contribution in [0, 0.1) is 35.3 Å². The second-order valence-electron chi connectivity index (χ2n) is 8.87. The molecule has 0 radical (unpaired) electrons. The van der Waals surface area contributed by atoms with Crippen molar-refractivity contribution < 1.29 is 13.5 Å². The molecule has 0 amide bonds. The molecule has 0 aromatic heterocycles. The van der Waals surface area contributed by atoms with Crippen molar-refractivity contribution in [3.63, 3.8) is 0 Å². The maximum atomic E-state index is 14.5. The Morgan fingerprint density at radius 2 is 1.48 bits per heavy atom. The predicted molar refractivity (Wildman–Crippen MR) is 107 cm³/mol. The van der Waals surface area contributed by atoms with Crippen molar-refractivity contribution in [1.29, 1.82) is 0 Å². The molecule has 1 atom stereocenters. The molecule has 2 saturated carbocycles. The Bertz CT molecular complexity index is 599. The standard InChI is InChI=1S/C24H36F2O/c1-4-17-6-8-18(9-7-17)16(3)19-10-12-20(13-11-19)21-14-15-22(27-5-2)24(26)23(21)25/h14-20H,4-13H2,1-3H3. The number of benzene rings is 1. The first-order chi connectivity index (χ1) is 13.0. The maximum Gasteiger partial charge on any atom is 0.200 e. The van der Waals surface area contributed by atoms with Gasteiger partial charge in [0.15, 0.2) is 11.6 Å². The van der Waals surface area contributed by atoms with Gasteiger partial charge in [0.05, 0.1) is 6.61 Å². The van der Waals surface area contributed by atoms with Crippen molar-refractivity contribution in [1.82, 2.24) is 0 Å². The van der Waals surface area contributed by atoms with Crippen LogP contribution in [-0.2, 0) is 0 Å². The zero-order chi connectivity index (χ0) is 19.4. The molecule has 2 aliphatic carbocycles. The lowest BCUT2D eigenvalue weighted by Crippen LogP contribution is -2.28. The fraction of sp³-hybridized carbons (Fsp3) is 0.750. The number of hydrogen-bond donors (Lipinski definition) is 0. The van der Waals surface area contributed by atoms with E-state index in [0.29, 0.717) is 12.2 Å². The monoisotopic (exact) mass is 378 g/mol. The third kappa shape index (κ3) is 4.66. The summed E-state index contributed by atoms with van der Waals surface area (Å²) in [5.74, 6) is 1.99. The molecule has 152 valence electrons. The molecule has 27 heavy (non-hydrogen) atoms. The van der Waals surface area contributed by atoms with Gasteiger partial charge in [-0.1, -0.05) is 39.2 Å². The first-order valence-corrected chi connectivity index (χ1v) is 11.2. The Kier molecular flexibility index (Phi) is 7.16. The van der Waals surface area contributed by atoms with Crippen LogP contribution in [0.3, 0.4) is 0 Å². The lowest BCUT2D eigenvalue weighted by molar-refractivity contribution is 0.133. The Hall–Kier alpha value is -1.12. The van der Waals surface area contributed by atoms with Gasteiger partial charge >= 0.3 is 0 Å². The van der Waals surface area contributed by atoms with Gasteiger partial charge in [0, 0.05) is 0 Å². The maximum absolute atomic E-state index is 14.5. The van der Waals surface area contributed by atoms with E-state index in [-0.39, 0.29) is 11.7 Å². The highest BCUT2D eigenvalue weighted by Crippen LogP contribution is 2.45. The van der Waals surface area contributed by atoms with Gasteiger partial charge in [-0.15, -0.1) is 0 Å². The highest BCUT2D eigenvalue weighted by atomic mass is 19.2. The Morgan fingerprint density at radius 3 is 2.04 bits per heavy atom. The molecular weight excluding hydrogens is 342 g/mol. The fourth-order valence-electron chi connectivity index (χ4n) is 5.59. The van der Waals surface area contributed by atoms with Gasteiger partial charge < -0.3 is 4.74 Å². The van der Waals surface area contributed by atoms with E-state index in [0.717, 1.165) is 49.4 Å². The van der Waals surface area contributed by atoms with Crippen LogP contribution < -0.4 is 4.74 Å². The summed E-state index contributed by atoms with van der Waals surface area (Å²) in [6, 6.07) is 3.34. The fourth-order valence-corrected chi connectivity index (χ4v) is 5.59. The lowest BCUT2D eigenvalue weighted by Gasteiger charge is -2.39. The summed E-state index contributed by atoms with van der Waals surface area (Å²) in [4.78, 5) is 0. The van der Waals surface area contributed by atoms with Crippen LogP contribution >= 0.6 is 0 Å². The van der Waals surface area contributed by atoms with Crippen LogP contribution in [0.15, 0.2) is 12.1 Å². The van der Waals surface area contributed by atoms with Gasteiger partial charge in [0.1, 0.15) is 0 Å². The van der Waals surface area contributed by atoms with Gasteiger partial charge in [-0.25, -0.2) is 4.39 Å². The Labute approximate surface area is 163 Å². The van der Waals surface area contributed by atoms with E-state index in [1.807, 2.05) is 0 Å². The average Bonchev–Trinajstić information content (AvgIpc) is 2.71. The van der Waals surface area contributed by atoms with Gasteiger partial charge in [-0.2, -0.15) is 4.39 Å². The smallest absolute Gasteiger partial charge is 0.200 e. The van der Waals surface area contributed by atoms with E-state index >= 15 is 0 Å². The third-order valence-electron chi connectivity index (χ3n) is 7.54. The SMILES string of the molecule is CCOc1ccc(C2CCC(C(C)C3CCC(CC)CC3)CC2)c(F)c1F. The average molecular weight is 379 g/mol. The van der Waals surface area contributed by atoms with E-state index in [9.17, 15) is 8.78 Å². The first-order valence-electron chi connectivity index (χ1n) is 11.2. The second kappa shape index (κ2) is 9.39. The van der Waals surface area contributed by atoms with Crippen LogP contribution in [0.25, 0.3) is 0 Å². The number of rotatable bonds is 6. The molecule has 1 unspecified atom stereocenters. The Morgan fingerprint density at radius 1 is 0.889 bits per heavy atom. The van der Waals surface area contributed by atoms with Crippen LogP contribution in [0.5, 0.6) is 5.75 Å². The minimum absolute atomic E-state index is 0.0312. The molecule has 1 aromatic carbocycles. The van der Waals surface area contributed by atoms with Crippen LogP contribution in [0.2, 0.25) is 0 Å². The minimum Gasteiger partial charge on any atom is -0.491 e. The molecule has 2 aliphatic rings. The zero-order valence-electron chi connectivity index (χ0n) is 17.3. The van der Waals surface area contributed by atoms with Crippen LogP contribution in [0.4, 0.5) is 8.78 Å². The molecular formula is C24H36F2O. The van der Waals surface area contributed by atoms with E-state index in [1.165, 1.54) is 32.1 Å². The highest BCUT2D eigenvalue weighted by molar-refractivity contribution is 5.33. The van der Waals surface area contributed by atoms with Crippen molar-refractivity contribution in [2.24, 2.45) is 23.7 Å². The number of hydrogen-bond acceptors (Lipinski definition) is 1. The normalized spacial score (nSPS) is 30.1. The molecule has 0 saturated heterocycles. The van der Waals surface area contributed by atoms with Crippen LogP contribution in [-0.4, -0.2) is 6.61 Å². The van der Waals surface area contributed by atoms with Gasteiger partial charge in [-0.3, -0.25) is 0 Å². The van der Waals surface area contributed by atoms with Gasteiger partial charge in [-0.05, 0) is 86.7 Å². The first kappa shape index (κ1) is 20.6. The lowest BCUT2D eigenvalue weighted by atomic mass is 9.66. The van der Waals surface area contributed by atoms with E-state index in [4.69, 9.17) is 4.74 Å². The van der Waals surface area contributed by atoms with Crippen molar-refractivity contribution in [2.75, 3.05) is 6.61 Å². The number of halogens is 2. The summed E-state index contributed by atoms with van der Waals surface area (Å²) < 4.78 is 33.9. The topological polar surface area (TPSA) is 9.23 Å². The van der Waals surface area contributed by atoms with Crippen molar-refractivity contribution in [2.45, 2.75) is 84.5 Å². The van der Waals surface area contributed by atoms with E-state index < -0.39 is 11.6 Å². The third-order valence-corrected chi connectivity index (χ3v) is 7.54. The quantitative estimate of drug-likeness (QED) is 0.498. The highest BCUT2D eigenvalue weighted by Gasteiger charge is 2.33. The summed E-state index contributed by atoms with van der Waals surface area (Å²) in [6.45, 7) is 6.89. The van der Waals surface area contributed by atoms with Crippen molar-refractivity contribution in [3.8, 4) is 5.75 Å². The molecule has 0 aliphatic heterocycles. The molecule has 0 spiro atoms. The largest absolute Gasteiger partial charge is 0.491 e. The molecule has 0 N–H and O–H groups in total. The molecule has 0 bridgehead atoms. The molecule has 1 aromatic rings. The van der Waals surface area contributed by atoms with Gasteiger partial charge in [0.2, 0.25) is 5.82 Å². The molecule has 3 rings (SSSR count). The van der Waals surface area contributed by atoms with Crippen molar-refractivity contribution >= 4 is 0 Å². The minimum atomic E-state index is -0.822. The van der Waals surface area contributed by atoms with Crippen LogP contribution in [0.1, 0.15) is 90.0 Å². The molecule has 2 fully saturated rings. The molecule has 0 heterocycles. The predicted octanol–water partition coefficient (Wildman–Crippen LogP) is 7.49. The summed E-state index contributed by atoms with van der Waals surface area (Å²) in [7, 11) is 0. The Balaban J connectivity index is 1.57. The second-order valence-corrected chi connectivity index (χ2v) is 8.87. The summed E-state index contributed by atoms with van der Waals surface area (Å²) >= 11 is 0. The van der Waals surface area contributed by atoms with E-state index in [2.05, 4.69) is 13.8 Å². The summed E-state index contributed by atoms with van der Waals surface area (Å²) in [5, 5.41) is 0. The number of ether oxygens (including phenoxy) is 1. The van der Waals surface area contributed by atoms with E-state index in [1.54, 1.807) is 19.1 Å². The van der Waals surface area contributed by atoms with Gasteiger partial charge in [0.25, 0.3) is 0 Å². The summed E-state index contributed by atoms with van der Waals surface area (Å²) in [5.41, 5.74) is 0.547. The summed E-state index contributed by atoms with van der Waals surface area (Å²) in [6.07, 6.45) is 11.1. The molecule has 1 nitrogen and oxygen atoms in total. The molecule has 3 heteroatoms. The van der Waals surface area contributed by atoms with Crippen molar-refractivity contribution in [3.05, 3.63) is 29.3 Å². The zero-order valence-corrected chi connectivity index (χ0v) is 17.3.